The Hall–Kier alpha value is -1.37. The van der Waals surface area contributed by atoms with Crippen LogP contribution in [0, 0.1) is 5.92 Å². The molecule has 1 heteroatoms. The van der Waals surface area contributed by atoms with E-state index in [1.165, 1.54) is 32.1 Å². The number of aldehydes is 1. The van der Waals surface area contributed by atoms with Crippen molar-refractivity contribution in [3.05, 3.63) is 48.6 Å². The van der Waals surface area contributed by atoms with Crippen molar-refractivity contribution >= 4 is 6.29 Å². The van der Waals surface area contributed by atoms with E-state index in [4.69, 9.17) is 0 Å². The molecule has 0 aromatic rings. The van der Waals surface area contributed by atoms with Crippen LogP contribution >= 0.6 is 0 Å². The summed E-state index contributed by atoms with van der Waals surface area (Å²) in [5, 5.41) is 0. The quantitative estimate of drug-likeness (QED) is 0.164. The normalized spacial score (nSPS) is 13.8. The van der Waals surface area contributed by atoms with Crippen molar-refractivity contribution in [2.24, 2.45) is 5.92 Å². The van der Waals surface area contributed by atoms with Crippen LogP contribution in [0.4, 0.5) is 0 Å². The van der Waals surface area contributed by atoms with E-state index < -0.39 is 0 Å². The van der Waals surface area contributed by atoms with Crippen molar-refractivity contribution in [1.29, 1.82) is 0 Å². The van der Waals surface area contributed by atoms with E-state index in [2.05, 4.69) is 55.5 Å². The van der Waals surface area contributed by atoms with Gasteiger partial charge in [0.15, 0.2) is 0 Å². The van der Waals surface area contributed by atoms with Gasteiger partial charge in [-0.1, -0.05) is 81.7 Å². The van der Waals surface area contributed by atoms with Crippen LogP contribution in [0.25, 0.3) is 0 Å². The molecule has 0 rings (SSSR count). The highest BCUT2D eigenvalue weighted by Gasteiger charge is 1.97. The summed E-state index contributed by atoms with van der Waals surface area (Å²) in [5.74, 6) is 0.224. The van der Waals surface area contributed by atoms with E-state index in [1.54, 1.807) is 0 Å². The molecule has 0 aliphatic heterocycles. The van der Waals surface area contributed by atoms with E-state index in [9.17, 15) is 4.79 Å². The standard InChI is InChI=1S/C23H38O/c1-3-4-5-6-7-8-9-10-11-12-13-14-15-16-17-18-19-20-21-23(2)22-24/h7-8,10-11,13-14,16-17,22-23H,3-6,9,12,15,18-21H2,1-2H3. The molecule has 0 aliphatic carbocycles. The van der Waals surface area contributed by atoms with Crippen LogP contribution in [0.2, 0.25) is 0 Å². The van der Waals surface area contributed by atoms with Crippen LogP contribution in [0.1, 0.15) is 84.5 Å². The van der Waals surface area contributed by atoms with Crippen LogP contribution < -0.4 is 0 Å². The molecule has 0 aromatic carbocycles. The van der Waals surface area contributed by atoms with Gasteiger partial charge in [0.05, 0.1) is 0 Å². The lowest BCUT2D eigenvalue weighted by molar-refractivity contribution is -0.110. The lowest BCUT2D eigenvalue weighted by Crippen LogP contribution is -1.94. The summed E-state index contributed by atoms with van der Waals surface area (Å²) in [6.45, 7) is 4.24. The third-order valence-electron chi connectivity index (χ3n) is 3.97. The zero-order valence-electron chi connectivity index (χ0n) is 16.0. The number of allylic oxidation sites excluding steroid dienone is 8. The monoisotopic (exact) mass is 330 g/mol. The van der Waals surface area contributed by atoms with Crippen LogP contribution in [0.3, 0.4) is 0 Å². The van der Waals surface area contributed by atoms with Crippen molar-refractivity contribution in [1.82, 2.24) is 0 Å². The van der Waals surface area contributed by atoms with Gasteiger partial charge in [0, 0.05) is 5.92 Å². The molecule has 0 spiro atoms. The predicted octanol–water partition coefficient (Wildman–Crippen LogP) is 7.36. The van der Waals surface area contributed by atoms with Gasteiger partial charge in [-0.3, -0.25) is 0 Å². The summed E-state index contributed by atoms with van der Waals surface area (Å²) >= 11 is 0. The topological polar surface area (TPSA) is 17.1 Å². The molecule has 0 fully saturated rings. The second-order valence-electron chi connectivity index (χ2n) is 6.49. The molecule has 1 atom stereocenters. The van der Waals surface area contributed by atoms with Crippen LogP contribution in [-0.2, 0) is 4.79 Å². The zero-order chi connectivity index (χ0) is 17.7. The smallest absolute Gasteiger partial charge is 0.122 e. The molecule has 24 heavy (non-hydrogen) atoms. The van der Waals surface area contributed by atoms with Gasteiger partial charge in [-0.15, -0.1) is 0 Å². The molecule has 0 aliphatic rings. The van der Waals surface area contributed by atoms with E-state index in [-0.39, 0.29) is 5.92 Å². The molecule has 0 N–H and O–H groups in total. The Kier molecular flexibility index (Phi) is 18.6. The molecule has 0 bridgehead atoms. The number of hydrogen-bond donors (Lipinski definition) is 0. The highest BCUT2D eigenvalue weighted by molar-refractivity contribution is 5.52. The Balaban J connectivity index is 3.40. The van der Waals surface area contributed by atoms with Gasteiger partial charge in [-0.25, -0.2) is 0 Å². The maximum absolute atomic E-state index is 10.5. The first-order valence-electron chi connectivity index (χ1n) is 9.86. The third kappa shape index (κ3) is 18.7. The van der Waals surface area contributed by atoms with Crippen LogP contribution in [0.5, 0.6) is 0 Å². The summed E-state index contributed by atoms with van der Waals surface area (Å²) in [6.07, 6.45) is 31.9. The Morgan fingerprint density at radius 2 is 1.12 bits per heavy atom. The molecular formula is C23H38O. The van der Waals surface area contributed by atoms with Crippen LogP contribution in [-0.4, -0.2) is 6.29 Å². The fourth-order valence-electron chi connectivity index (χ4n) is 2.36. The molecule has 1 unspecified atom stereocenters. The summed E-state index contributed by atoms with van der Waals surface area (Å²) in [4.78, 5) is 10.5. The van der Waals surface area contributed by atoms with Gasteiger partial charge in [-0.2, -0.15) is 0 Å². The first-order valence-corrected chi connectivity index (χ1v) is 9.86. The second kappa shape index (κ2) is 19.7. The molecule has 0 radical (unpaired) electrons. The van der Waals surface area contributed by atoms with Gasteiger partial charge in [0.25, 0.3) is 0 Å². The average Bonchev–Trinajstić information content (AvgIpc) is 2.60. The molecule has 0 saturated carbocycles. The van der Waals surface area contributed by atoms with E-state index >= 15 is 0 Å². The van der Waals surface area contributed by atoms with Gasteiger partial charge >= 0.3 is 0 Å². The minimum Gasteiger partial charge on any atom is -0.303 e. The highest BCUT2D eigenvalue weighted by Crippen LogP contribution is 2.07. The fraction of sp³-hybridized carbons (Fsp3) is 0.609. The Bertz CT molecular complexity index is 373. The second-order valence-corrected chi connectivity index (χ2v) is 6.49. The number of rotatable bonds is 16. The summed E-state index contributed by atoms with van der Waals surface area (Å²) in [7, 11) is 0. The lowest BCUT2D eigenvalue weighted by atomic mass is 10.0. The van der Waals surface area contributed by atoms with Gasteiger partial charge < -0.3 is 4.79 Å². The zero-order valence-corrected chi connectivity index (χ0v) is 16.0. The third-order valence-corrected chi connectivity index (χ3v) is 3.97. The Labute approximate surface area is 150 Å². The van der Waals surface area contributed by atoms with Crippen molar-refractivity contribution in [3.63, 3.8) is 0 Å². The summed E-state index contributed by atoms with van der Waals surface area (Å²) in [5.41, 5.74) is 0. The maximum Gasteiger partial charge on any atom is 0.122 e. The summed E-state index contributed by atoms with van der Waals surface area (Å²) < 4.78 is 0. The highest BCUT2D eigenvalue weighted by atomic mass is 16.1. The lowest BCUT2D eigenvalue weighted by Gasteiger charge is -2.00. The number of unbranched alkanes of at least 4 members (excludes halogenated alkanes) is 5. The molecule has 0 heterocycles. The van der Waals surface area contributed by atoms with Gasteiger partial charge in [0.1, 0.15) is 6.29 Å². The largest absolute Gasteiger partial charge is 0.303 e. The minimum absolute atomic E-state index is 0.224. The Morgan fingerprint density at radius 1 is 0.667 bits per heavy atom. The maximum atomic E-state index is 10.5. The van der Waals surface area contributed by atoms with Crippen molar-refractivity contribution in [2.45, 2.75) is 84.5 Å². The fourth-order valence-corrected chi connectivity index (χ4v) is 2.36. The van der Waals surface area contributed by atoms with Crippen molar-refractivity contribution in [2.75, 3.05) is 0 Å². The molecular weight excluding hydrogens is 292 g/mol. The molecule has 1 nitrogen and oxygen atoms in total. The molecule has 136 valence electrons. The van der Waals surface area contributed by atoms with E-state index in [0.29, 0.717) is 0 Å². The van der Waals surface area contributed by atoms with Crippen molar-refractivity contribution in [3.8, 4) is 0 Å². The van der Waals surface area contributed by atoms with Gasteiger partial charge in [0.2, 0.25) is 0 Å². The van der Waals surface area contributed by atoms with E-state index in [0.717, 1.165) is 44.8 Å². The number of carbonyl (C=O) groups excluding carboxylic acids is 1. The SMILES string of the molecule is CCCCCC=CCC=CCC=CCC=CCCCCC(C)C=O. The predicted molar refractivity (Wildman–Crippen MR) is 108 cm³/mol. The number of carbonyl (C=O) groups is 1. The van der Waals surface area contributed by atoms with Gasteiger partial charge in [-0.05, 0) is 51.4 Å². The van der Waals surface area contributed by atoms with Crippen molar-refractivity contribution < 1.29 is 4.79 Å². The minimum atomic E-state index is 0.224. The Morgan fingerprint density at radius 3 is 1.58 bits per heavy atom. The molecule has 0 amide bonds. The number of hydrogen-bond acceptors (Lipinski definition) is 1. The van der Waals surface area contributed by atoms with E-state index in [1.807, 2.05) is 6.92 Å². The average molecular weight is 331 g/mol. The summed E-state index contributed by atoms with van der Waals surface area (Å²) in [6, 6.07) is 0. The first kappa shape index (κ1) is 22.6. The molecule has 0 aromatic heterocycles. The first-order chi connectivity index (χ1) is 11.8. The van der Waals surface area contributed by atoms with Crippen LogP contribution in [0.15, 0.2) is 48.6 Å². The molecule has 0 saturated heterocycles.